The lowest BCUT2D eigenvalue weighted by molar-refractivity contribution is -0.404. The van der Waals surface area contributed by atoms with Crippen molar-refractivity contribution in [1.82, 2.24) is 4.98 Å². The van der Waals surface area contributed by atoms with Gasteiger partial charge in [0.15, 0.2) is 6.04 Å². The number of carbonyl (C=O) groups excluding carboxylic acids is 2. The molecule has 1 rings (SSSR count). The first-order chi connectivity index (χ1) is 6.11. The van der Waals surface area contributed by atoms with E-state index < -0.39 is 12.0 Å². The van der Waals surface area contributed by atoms with Gasteiger partial charge in [-0.3, -0.25) is 4.79 Å². The number of hydrogen-bond acceptors (Lipinski definition) is 3. The molecule has 0 saturated carbocycles. The maximum Gasteiger partial charge on any atom is 0.221 e. The Morgan fingerprint density at radius 1 is 1.62 bits per heavy atom. The number of Topliss-reactive ketones (excluding diaryl/α,β-unsaturated/α-hetero) is 1. The van der Waals surface area contributed by atoms with Gasteiger partial charge >= 0.3 is 0 Å². The number of quaternary nitrogens is 1. The van der Waals surface area contributed by atoms with Crippen molar-refractivity contribution < 1.29 is 20.4 Å². The molecule has 0 amide bonds. The van der Waals surface area contributed by atoms with E-state index in [0.29, 0.717) is 5.56 Å². The average Bonchev–Trinajstić information content (AvgIpc) is 2.53. The van der Waals surface area contributed by atoms with Crippen molar-refractivity contribution >= 4 is 11.8 Å². The fraction of sp³-hybridized carbons (Fsp3) is 0.250. The van der Waals surface area contributed by atoms with Crippen LogP contribution in [0.2, 0.25) is 0 Å². The number of ketones is 1. The summed E-state index contributed by atoms with van der Waals surface area (Å²) in [6.45, 7) is 0. The highest BCUT2D eigenvalue weighted by Gasteiger charge is 2.19. The first-order valence-corrected chi connectivity index (χ1v) is 3.81. The summed E-state index contributed by atoms with van der Waals surface area (Å²) in [6.07, 6.45) is 2.76. The second kappa shape index (κ2) is 3.86. The van der Waals surface area contributed by atoms with Crippen LogP contribution in [0, 0.1) is 0 Å². The van der Waals surface area contributed by atoms with Crippen molar-refractivity contribution in [2.45, 2.75) is 12.5 Å². The van der Waals surface area contributed by atoms with Gasteiger partial charge in [-0.2, -0.15) is 0 Å². The maximum atomic E-state index is 11.4. The Morgan fingerprint density at radius 2 is 2.31 bits per heavy atom. The number of hydrogen-bond donors (Lipinski definition) is 2. The van der Waals surface area contributed by atoms with Gasteiger partial charge in [0, 0.05) is 30.3 Å². The monoisotopic (exact) mass is 182 g/mol. The highest BCUT2D eigenvalue weighted by Crippen LogP contribution is 2.01. The van der Waals surface area contributed by atoms with Gasteiger partial charge in [-0.25, -0.2) is 0 Å². The van der Waals surface area contributed by atoms with Gasteiger partial charge < -0.3 is 20.6 Å². The number of aliphatic carboxylic acids is 1. The summed E-state index contributed by atoms with van der Waals surface area (Å²) in [5, 5.41) is 10.2. The normalized spacial score (nSPS) is 12.4. The van der Waals surface area contributed by atoms with Crippen LogP contribution in [0.25, 0.3) is 0 Å². The van der Waals surface area contributed by atoms with Gasteiger partial charge in [0.05, 0.1) is 0 Å². The van der Waals surface area contributed by atoms with Crippen LogP contribution in [0.1, 0.15) is 16.8 Å². The van der Waals surface area contributed by atoms with Gasteiger partial charge in [0.25, 0.3) is 0 Å². The van der Waals surface area contributed by atoms with Crippen LogP contribution in [-0.2, 0) is 4.79 Å². The number of carbonyl (C=O) groups is 2. The molecule has 0 spiro atoms. The number of aromatic nitrogens is 1. The summed E-state index contributed by atoms with van der Waals surface area (Å²) in [5.41, 5.74) is 3.90. The van der Waals surface area contributed by atoms with Crippen molar-refractivity contribution in [2.24, 2.45) is 0 Å². The number of H-pyrrole nitrogens is 1. The number of carboxylic acid groups (broad SMARTS) is 1. The van der Waals surface area contributed by atoms with Crippen LogP contribution in [0.4, 0.5) is 0 Å². The van der Waals surface area contributed by atoms with Crippen LogP contribution in [-0.4, -0.2) is 22.8 Å². The highest BCUT2D eigenvalue weighted by molar-refractivity contribution is 6.00. The summed E-state index contributed by atoms with van der Waals surface area (Å²) < 4.78 is 0. The van der Waals surface area contributed by atoms with E-state index in [-0.39, 0.29) is 12.2 Å². The zero-order valence-corrected chi connectivity index (χ0v) is 6.95. The number of aromatic amines is 1. The molecular weight excluding hydrogens is 172 g/mol. The zero-order chi connectivity index (χ0) is 9.84. The average molecular weight is 182 g/mol. The van der Waals surface area contributed by atoms with Crippen molar-refractivity contribution in [1.29, 1.82) is 0 Å². The SMILES string of the molecule is [NH3+][C@@H](CC(=O)[O-])C(=O)c1cc[nH]c1. The predicted molar refractivity (Wildman–Crippen MR) is 41.4 cm³/mol. The Morgan fingerprint density at radius 3 is 2.77 bits per heavy atom. The molecule has 0 radical (unpaired) electrons. The molecule has 0 aliphatic carbocycles. The topological polar surface area (TPSA) is 101 Å². The van der Waals surface area contributed by atoms with Crippen LogP contribution in [0.15, 0.2) is 18.5 Å². The quantitative estimate of drug-likeness (QED) is 0.524. The lowest BCUT2D eigenvalue weighted by Crippen LogP contribution is -2.66. The molecule has 0 saturated heterocycles. The van der Waals surface area contributed by atoms with E-state index >= 15 is 0 Å². The van der Waals surface area contributed by atoms with Crippen molar-refractivity contribution in [3.63, 3.8) is 0 Å². The fourth-order valence-electron chi connectivity index (χ4n) is 1.01. The van der Waals surface area contributed by atoms with Gasteiger partial charge in [0.2, 0.25) is 5.78 Å². The molecule has 0 unspecified atom stereocenters. The van der Waals surface area contributed by atoms with E-state index in [2.05, 4.69) is 10.7 Å². The molecule has 70 valence electrons. The molecule has 0 fully saturated rings. The third-order valence-corrected chi connectivity index (χ3v) is 1.67. The molecule has 1 heterocycles. The van der Waals surface area contributed by atoms with Crippen LogP contribution in [0.3, 0.4) is 0 Å². The van der Waals surface area contributed by atoms with E-state index in [0.717, 1.165) is 0 Å². The van der Waals surface area contributed by atoms with E-state index in [9.17, 15) is 14.7 Å². The molecular formula is C8H10N2O3. The summed E-state index contributed by atoms with van der Waals surface area (Å²) >= 11 is 0. The van der Waals surface area contributed by atoms with Crippen LogP contribution >= 0.6 is 0 Å². The Labute approximate surface area is 74.6 Å². The largest absolute Gasteiger partial charge is 0.550 e. The van der Waals surface area contributed by atoms with Crippen molar-refractivity contribution in [3.05, 3.63) is 24.0 Å². The van der Waals surface area contributed by atoms with E-state index in [1.807, 2.05) is 0 Å². The van der Waals surface area contributed by atoms with Gasteiger partial charge in [0.1, 0.15) is 0 Å². The van der Waals surface area contributed by atoms with Gasteiger partial charge in [-0.05, 0) is 6.07 Å². The Bertz CT molecular complexity index is 305. The van der Waals surface area contributed by atoms with Crippen molar-refractivity contribution in [2.75, 3.05) is 0 Å². The molecule has 0 aliphatic rings. The summed E-state index contributed by atoms with van der Waals surface area (Å²) in [5.74, 6) is -1.55. The highest BCUT2D eigenvalue weighted by atomic mass is 16.4. The smallest absolute Gasteiger partial charge is 0.221 e. The zero-order valence-electron chi connectivity index (χ0n) is 6.95. The molecule has 13 heavy (non-hydrogen) atoms. The molecule has 0 aromatic carbocycles. The molecule has 5 heteroatoms. The maximum absolute atomic E-state index is 11.4. The number of rotatable bonds is 4. The van der Waals surface area contributed by atoms with Gasteiger partial charge in [-0.1, -0.05) is 0 Å². The first kappa shape index (κ1) is 9.47. The molecule has 1 aromatic heterocycles. The first-order valence-electron chi connectivity index (χ1n) is 3.81. The molecule has 1 atom stereocenters. The van der Waals surface area contributed by atoms with Crippen molar-refractivity contribution in [3.8, 4) is 0 Å². The van der Waals surface area contributed by atoms with Crippen LogP contribution < -0.4 is 10.8 Å². The van der Waals surface area contributed by atoms with Crippen LogP contribution in [0.5, 0.6) is 0 Å². The standard InChI is InChI=1S/C8H10N2O3/c9-6(3-7(11)12)8(13)5-1-2-10-4-5/h1-2,4,6,10H,3,9H2,(H,11,12)/t6-/m0/s1. The lowest BCUT2D eigenvalue weighted by atomic mass is 10.1. The predicted octanol–water partition coefficient (Wildman–Crippen LogP) is -2.05. The van der Waals surface area contributed by atoms with E-state index in [4.69, 9.17) is 0 Å². The third kappa shape index (κ3) is 2.41. The lowest BCUT2D eigenvalue weighted by Gasteiger charge is -2.06. The molecule has 5 nitrogen and oxygen atoms in total. The number of carboxylic acids is 1. The molecule has 4 N–H and O–H groups in total. The minimum Gasteiger partial charge on any atom is -0.550 e. The second-order valence-corrected chi connectivity index (χ2v) is 2.74. The molecule has 1 aromatic rings. The molecule has 0 aliphatic heterocycles. The minimum atomic E-state index is -1.26. The Kier molecular flexibility index (Phi) is 2.81. The third-order valence-electron chi connectivity index (χ3n) is 1.67. The summed E-state index contributed by atoms with van der Waals surface area (Å²) in [4.78, 5) is 24.2. The number of nitrogens with one attached hydrogen (secondary N) is 1. The van der Waals surface area contributed by atoms with Gasteiger partial charge in [-0.15, -0.1) is 0 Å². The van der Waals surface area contributed by atoms with E-state index in [1.165, 1.54) is 6.20 Å². The minimum absolute atomic E-state index is 0.287. The molecule has 0 bridgehead atoms. The fourth-order valence-corrected chi connectivity index (χ4v) is 1.01. The summed E-state index contributed by atoms with van der Waals surface area (Å²) in [6, 6.07) is 0.802. The Balaban J connectivity index is 2.63. The second-order valence-electron chi connectivity index (χ2n) is 2.74. The van der Waals surface area contributed by atoms with E-state index in [1.54, 1.807) is 12.3 Å². The summed E-state index contributed by atoms with van der Waals surface area (Å²) in [7, 11) is 0. The Hall–Kier alpha value is -1.62.